The van der Waals surface area contributed by atoms with E-state index in [1.165, 1.54) is 31.4 Å². The molecule has 0 aromatic heterocycles. The van der Waals surface area contributed by atoms with E-state index in [1.807, 2.05) is 0 Å². The van der Waals surface area contributed by atoms with Crippen molar-refractivity contribution in [3.63, 3.8) is 0 Å². The van der Waals surface area contributed by atoms with Crippen LogP contribution in [0.15, 0.2) is 36.4 Å². The van der Waals surface area contributed by atoms with Crippen LogP contribution in [0.1, 0.15) is 11.1 Å². The number of benzene rings is 2. The summed E-state index contributed by atoms with van der Waals surface area (Å²) in [6.07, 6.45) is 0. The number of hydrogen-bond acceptors (Lipinski definition) is 6. The van der Waals surface area contributed by atoms with Gasteiger partial charge < -0.3 is 9.47 Å². The molecule has 2 aromatic rings. The first kappa shape index (κ1) is 16.2. The van der Waals surface area contributed by atoms with Crippen LogP contribution in [0.3, 0.4) is 0 Å². The van der Waals surface area contributed by atoms with Crippen molar-refractivity contribution < 1.29 is 19.3 Å². The Morgan fingerprint density at radius 3 is 2.39 bits per heavy atom. The normalized spacial score (nSPS) is 10.2. The third kappa shape index (κ3) is 3.54. The lowest BCUT2D eigenvalue weighted by Crippen LogP contribution is -2.02. The van der Waals surface area contributed by atoms with Crippen molar-refractivity contribution in [2.45, 2.75) is 13.5 Å². The zero-order chi connectivity index (χ0) is 17.0. The minimum atomic E-state index is -0.531. The van der Waals surface area contributed by atoms with Gasteiger partial charge in [0.1, 0.15) is 6.61 Å². The van der Waals surface area contributed by atoms with Gasteiger partial charge in [-0.1, -0.05) is 12.1 Å². The molecule has 8 heteroatoms. The monoisotopic (exact) mass is 318 g/mol. The summed E-state index contributed by atoms with van der Waals surface area (Å²) in [5.74, 6) is 0.547. The molecule has 120 valence electrons. The van der Waals surface area contributed by atoms with Gasteiger partial charge in [-0.25, -0.2) is 0 Å². The summed E-state index contributed by atoms with van der Waals surface area (Å²) in [5, 5.41) is 21.7. The van der Waals surface area contributed by atoms with Gasteiger partial charge >= 0.3 is 0 Å². The second kappa shape index (κ2) is 6.73. The quantitative estimate of drug-likeness (QED) is 0.597. The van der Waals surface area contributed by atoms with Gasteiger partial charge in [0, 0.05) is 17.7 Å². The Balaban J connectivity index is 2.23. The topological polar surface area (TPSA) is 105 Å². The summed E-state index contributed by atoms with van der Waals surface area (Å²) in [6.45, 7) is 1.73. The van der Waals surface area contributed by atoms with E-state index in [0.29, 0.717) is 16.9 Å². The lowest BCUT2D eigenvalue weighted by atomic mass is 10.1. The molecule has 0 aliphatic carbocycles. The first-order valence-electron chi connectivity index (χ1n) is 6.62. The standard InChI is InChI=1S/C15H14N2O6/c1-10-11(4-3-5-13(10)17(20)21)9-23-14-7-6-12(16(18)19)8-15(14)22-2/h3-8H,9H2,1-2H3. The van der Waals surface area contributed by atoms with Crippen LogP contribution in [0.25, 0.3) is 0 Å². The highest BCUT2D eigenvalue weighted by Crippen LogP contribution is 2.32. The Morgan fingerprint density at radius 2 is 1.78 bits per heavy atom. The molecule has 0 aliphatic rings. The van der Waals surface area contributed by atoms with Crippen molar-refractivity contribution in [3.8, 4) is 11.5 Å². The first-order chi connectivity index (χ1) is 10.9. The van der Waals surface area contributed by atoms with E-state index >= 15 is 0 Å². The van der Waals surface area contributed by atoms with Gasteiger partial charge in [0.15, 0.2) is 11.5 Å². The van der Waals surface area contributed by atoms with E-state index in [0.717, 1.165) is 0 Å². The number of nitrogens with zero attached hydrogens (tertiary/aromatic N) is 2. The van der Waals surface area contributed by atoms with Crippen LogP contribution < -0.4 is 9.47 Å². The fourth-order valence-electron chi connectivity index (χ4n) is 2.07. The van der Waals surface area contributed by atoms with Crippen molar-refractivity contribution in [1.29, 1.82) is 0 Å². The molecule has 0 saturated heterocycles. The van der Waals surface area contributed by atoms with Crippen LogP contribution in [0.2, 0.25) is 0 Å². The summed E-state index contributed by atoms with van der Waals surface area (Å²) in [6, 6.07) is 8.72. The molecule has 0 atom stereocenters. The molecule has 0 fully saturated rings. The zero-order valence-electron chi connectivity index (χ0n) is 12.5. The third-order valence-electron chi connectivity index (χ3n) is 3.36. The minimum absolute atomic E-state index is 0.0155. The van der Waals surface area contributed by atoms with Crippen LogP contribution >= 0.6 is 0 Å². The van der Waals surface area contributed by atoms with E-state index in [-0.39, 0.29) is 23.7 Å². The van der Waals surface area contributed by atoms with Gasteiger partial charge in [-0.15, -0.1) is 0 Å². The highest BCUT2D eigenvalue weighted by Gasteiger charge is 2.15. The molecule has 0 radical (unpaired) electrons. The van der Waals surface area contributed by atoms with Crippen molar-refractivity contribution in [3.05, 3.63) is 67.8 Å². The third-order valence-corrected chi connectivity index (χ3v) is 3.36. The molecule has 0 unspecified atom stereocenters. The van der Waals surface area contributed by atoms with Crippen LogP contribution in [0.4, 0.5) is 11.4 Å². The summed E-state index contributed by atoms with van der Waals surface area (Å²) >= 11 is 0. The number of rotatable bonds is 6. The molecule has 0 aliphatic heterocycles. The minimum Gasteiger partial charge on any atom is -0.493 e. The number of hydrogen-bond donors (Lipinski definition) is 0. The van der Waals surface area contributed by atoms with Gasteiger partial charge in [-0.05, 0) is 18.6 Å². The Labute approximate surface area is 131 Å². The predicted octanol–water partition coefficient (Wildman–Crippen LogP) is 3.40. The Bertz CT molecular complexity index is 760. The number of nitro groups is 2. The predicted molar refractivity (Wildman–Crippen MR) is 81.8 cm³/mol. The van der Waals surface area contributed by atoms with Crippen LogP contribution in [0.5, 0.6) is 11.5 Å². The molecule has 2 rings (SSSR count). The Kier molecular flexibility index (Phi) is 4.75. The highest BCUT2D eigenvalue weighted by molar-refractivity contribution is 5.49. The molecule has 2 aromatic carbocycles. The van der Waals surface area contributed by atoms with E-state index in [1.54, 1.807) is 19.1 Å². The highest BCUT2D eigenvalue weighted by atomic mass is 16.6. The molecule has 0 spiro atoms. The number of nitro benzene ring substituents is 2. The molecule has 0 amide bonds. The van der Waals surface area contributed by atoms with Gasteiger partial charge in [-0.2, -0.15) is 0 Å². The summed E-state index contributed by atoms with van der Waals surface area (Å²) in [7, 11) is 1.38. The summed E-state index contributed by atoms with van der Waals surface area (Å²) < 4.78 is 10.7. The van der Waals surface area contributed by atoms with Gasteiger partial charge in [0.2, 0.25) is 0 Å². The first-order valence-corrected chi connectivity index (χ1v) is 6.62. The van der Waals surface area contributed by atoms with E-state index < -0.39 is 9.85 Å². The molecule has 23 heavy (non-hydrogen) atoms. The number of methoxy groups -OCH3 is 1. The largest absolute Gasteiger partial charge is 0.493 e. The number of ether oxygens (including phenoxy) is 2. The zero-order valence-corrected chi connectivity index (χ0v) is 12.5. The van der Waals surface area contributed by atoms with Crippen LogP contribution in [-0.4, -0.2) is 17.0 Å². The molecule has 0 N–H and O–H groups in total. The SMILES string of the molecule is COc1cc([N+](=O)[O-])ccc1OCc1cccc([N+](=O)[O-])c1C. The molecular formula is C15H14N2O6. The summed E-state index contributed by atoms with van der Waals surface area (Å²) in [5.41, 5.74) is 1.07. The second-order valence-corrected chi connectivity index (χ2v) is 4.70. The van der Waals surface area contributed by atoms with Gasteiger partial charge in [-0.3, -0.25) is 20.2 Å². The lowest BCUT2D eigenvalue weighted by Gasteiger charge is -2.12. The molecule has 8 nitrogen and oxygen atoms in total. The number of non-ortho nitro benzene ring substituents is 1. The maximum Gasteiger partial charge on any atom is 0.273 e. The Hall–Kier alpha value is -3.16. The smallest absolute Gasteiger partial charge is 0.273 e. The molecular weight excluding hydrogens is 304 g/mol. The molecule has 0 heterocycles. The maximum atomic E-state index is 10.9. The molecule has 0 bridgehead atoms. The van der Waals surface area contributed by atoms with E-state index in [9.17, 15) is 20.2 Å². The molecule has 0 saturated carbocycles. The van der Waals surface area contributed by atoms with Crippen LogP contribution in [0, 0.1) is 27.2 Å². The fraction of sp³-hybridized carbons (Fsp3) is 0.200. The van der Waals surface area contributed by atoms with Crippen molar-refractivity contribution >= 4 is 11.4 Å². The average molecular weight is 318 g/mol. The summed E-state index contributed by atoms with van der Waals surface area (Å²) in [4.78, 5) is 20.7. The maximum absolute atomic E-state index is 10.9. The lowest BCUT2D eigenvalue weighted by molar-refractivity contribution is -0.385. The van der Waals surface area contributed by atoms with Gasteiger partial charge in [0.25, 0.3) is 11.4 Å². The van der Waals surface area contributed by atoms with E-state index in [4.69, 9.17) is 9.47 Å². The van der Waals surface area contributed by atoms with Gasteiger partial charge in [0.05, 0.1) is 23.0 Å². The van der Waals surface area contributed by atoms with Crippen molar-refractivity contribution in [1.82, 2.24) is 0 Å². The second-order valence-electron chi connectivity index (χ2n) is 4.70. The van der Waals surface area contributed by atoms with E-state index in [2.05, 4.69) is 0 Å². The Morgan fingerprint density at radius 1 is 1.04 bits per heavy atom. The average Bonchev–Trinajstić information content (AvgIpc) is 2.53. The van der Waals surface area contributed by atoms with Crippen molar-refractivity contribution in [2.24, 2.45) is 0 Å². The van der Waals surface area contributed by atoms with Crippen LogP contribution in [-0.2, 0) is 6.61 Å². The van der Waals surface area contributed by atoms with Crippen molar-refractivity contribution in [2.75, 3.05) is 7.11 Å². The fourth-order valence-corrected chi connectivity index (χ4v) is 2.07.